The molecule has 0 aliphatic carbocycles. The van der Waals surface area contributed by atoms with Crippen molar-refractivity contribution in [3.8, 4) is 0 Å². The van der Waals surface area contributed by atoms with Gasteiger partial charge in [0.1, 0.15) is 12.1 Å². The highest BCUT2D eigenvalue weighted by Gasteiger charge is 2.27. The highest BCUT2D eigenvalue weighted by Crippen LogP contribution is 2.06. The summed E-state index contributed by atoms with van der Waals surface area (Å²) in [7, 11) is 0. The predicted molar refractivity (Wildman–Crippen MR) is 114 cm³/mol. The van der Waals surface area contributed by atoms with Crippen LogP contribution in [0.2, 0.25) is 0 Å². The summed E-state index contributed by atoms with van der Waals surface area (Å²) in [5.74, 6) is -2.35. The number of hydrogen-bond acceptors (Lipinski definition) is 5. The molecule has 0 saturated heterocycles. The molecule has 0 fully saturated rings. The molecule has 2 rings (SSSR count). The van der Waals surface area contributed by atoms with Gasteiger partial charge in [0.2, 0.25) is 11.8 Å². The highest BCUT2D eigenvalue weighted by molar-refractivity contribution is 7.80. The number of aliphatic carboxylic acids is 1. The molecule has 0 radical (unpaired) electrons. The summed E-state index contributed by atoms with van der Waals surface area (Å²) >= 11 is 3.95. The number of carbonyl (C=O) groups excluding carboxylic acids is 2. The zero-order valence-electron chi connectivity index (χ0n) is 15.8. The summed E-state index contributed by atoms with van der Waals surface area (Å²) in [6.07, 6.45) is 0.524. The zero-order valence-corrected chi connectivity index (χ0v) is 16.7. The SMILES string of the molecule is N[C@@H](Cc1ccccc1)C(=O)N[C@@H](Cc1ccccc1)C(=O)N[C@@H](CS)C(=O)O. The Morgan fingerprint density at radius 2 is 1.31 bits per heavy atom. The minimum atomic E-state index is -1.20. The van der Waals surface area contributed by atoms with E-state index in [-0.39, 0.29) is 12.2 Å². The van der Waals surface area contributed by atoms with Gasteiger partial charge in [0.15, 0.2) is 0 Å². The van der Waals surface area contributed by atoms with Crippen LogP contribution in [0, 0.1) is 0 Å². The van der Waals surface area contributed by atoms with Crippen LogP contribution >= 0.6 is 12.6 Å². The van der Waals surface area contributed by atoms with Crippen LogP contribution in [-0.4, -0.2) is 46.8 Å². The summed E-state index contributed by atoms with van der Waals surface area (Å²) < 4.78 is 0. The molecule has 0 heterocycles. The zero-order chi connectivity index (χ0) is 21.2. The topological polar surface area (TPSA) is 122 Å². The quantitative estimate of drug-likeness (QED) is 0.367. The van der Waals surface area contributed by atoms with Gasteiger partial charge in [-0.1, -0.05) is 60.7 Å². The van der Waals surface area contributed by atoms with Crippen LogP contribution in [0.15, 0.2) is 60.7 Å². The molecule has 2 aromatic rings. The van der Waals surface area contributed by atoms with Gasteiger partial charge in [0, 0.05) is 12.2 Å². The van der Waals surface area contributed by atoms with Crippen LogP contribution < -0.4 is 16.4 Å². The molecule has 2 amide bonds. The monoisotopic (exact) mass is 415 g/mol. The van der Waals surface area contributed by atoms with Gasteiger partial charge in [0.25, 0.3) is 0 Å². The molecule has 0 bridgehead atoms. The first kappa shape index (κ1) is 22.4. The van der Waals surface area contributed by atoms with E-state index in [9.17, 15) is 14.4 Å². The van der Waals surface area contributed by atoms with E-state index >= 15 is 0 Å². The minimum absolute atomic E-state index is 0.0689. The molecule has 0 aliphatic rings. The van der Waals surface area contributed by atoms with Crippen molar-refractivity contribution in [2.45, 2.75) is 31.0 Å². The maximum atomic E-state index is 12.7. The number of hydrogen-bond donors (Lipinski definition) is 5. The highest BCUT2D eigenvalue weighted by atomic mass is 32.1. The van der Waals surface area contributed by atoms with E-state index in [1.807, 2.05) is 60.7 Å². The number of amides is 2. The Morgan fingerprint density at radius 1 is 0.828 bits per heavy atom. The summed E-state index contributed by atoms with van der Waals surface area (Å²) in [5, 5.41) is 14.2. The molecule has 0 unspecified atom stereocenters. The summed E-state index contributed by atoms with van der Waals surface area (Å²) in [6.45, 7) is 0. The van der Waals surface area contributed by atoms with Gasteiger partial charge in [-0.05, 0) is 17.5 Å². The van der Waals surface area contributed by atoms with Crippen molar-refractivity contribution in [1.82, 2.24) is 10.6 Å². The van der Waals surface area contributed by atoms with Crippen molar-refractivity contribution >= 4 is 30.4 Å². The van der Waals surface area contributed by atoms with Crippen molar-refractivity contribution in [3.63, 3.8) is 0 Å². The summed E-state index contributed by atoms with van der Waals surface area (Å²) in [4.78, 5) is 36.5. The standard InChI is InChI=1S/C21H25N3O4S/c22-16(11-14-7-3-1-4-8-14)19(25)23-17(12-15-9-5-2-6-10-15)20(26)24-18(13-29)21(27)28/h1-10,16-18,29H,11-13,22H2,(H,23,25)(H,24,26)(H,27,28)/t16-,17-,18-/m0/s1. The van der Waals surface area contributed by atoms with E-state index in [4.69, 9.17) is 10.8 Å². The number of rotatable bonds is 10. The summed E-state index contributed by atoms with van der Waals surface area (Å²) in [5.41, 5.74) is 7.74. The molecule has 29 heavy (non-hydrogen) atoms. The first-order chi connectivity index (χ1) is 13.9. The minimum Gasteiger partial charge on any atom is -0.480 e. The Kier molecular flexibility index (Phi) is 8.69. The second-order valence-electron chi connectivity index (χ2n) is 6.63. The number of carboxylic acids is 1. The first-order valence-electron chi connectivity index (χ1n) is 9.18. The van der Waals surface area contributed by atoms with Gasteiger partial charge in [-0.15, -0.1) is 0 Å². The third-order valence-electron chi connectivity index (χ3n) is 4.35. The number of benzene rings is 2. The molecule has 0 spiro atoms. The number of nitrogens with one attached hydrogen (secondary N) is 2. The van der Waals surface area contributed by atoms with Gasteiger partial charge in [-0.25, -0.2) is 4.79 Å². The maximum absolute atomic E-state index is 12.7. The van der Waals surface area contributed by atoms with Crippen molar-refractivity contribution < 1.29 is 19.5 Å². The van der Waals surface area contributed by atoms with Crippen LogP contribution in [0.4, 0.5) is 0 Å². The van der Waals surface area contributed by atoms with E-state index in [2.05, 4.69) is 23.3 Å². The van der Waals surface area contributed by atoms with Crippen LogP contribution in [0.5, 0.6) is 0 Å². The molecule has 5 N–H and O–H groups in total. The molecule has 3 atom stereocenters. The lowest BCUT2D eigenvalue weighted by Gasteiger charge is -2.22. The fraction of sp³-hybridized carbons (Fsp3) is 0.286. The van der Waals surface area contributed by atoms with Crippen LogP contribution in [0.3, 0.4) is 0 Å². The molecule has 0 aliphatic heterocycles. The largest absolute Gasteiger partial charge is 0.480 e. The Balaban J connectivity index is 2.10. The number of nitrogens with two attached hydrogens (primary N) is 1. The Labute approximate surface area is 175 Å². The van der Waals surface area contributed by atoms with Gasteiger partial charge in [-0.2, -0.15) is 12.6 Å². The third-order valence-corrected chi connectivity index (χ3v) is 4.71. The average Bonchev–Trinajstić information content (AvgIpc) is 2.72. The van der Waals surface area contributed by atoms with E-state index in [0.29, 0.717) is 6.42 Å². The second-order valence-corrected chi connectivity index (χ2v) is 6.99. The first-order valence-corrected chi connectivity index (χ1v) is 9.81. The summed E-state index contributed by atoms with van der Waals surface area (Å²) in [6, 6.07) is 15.5. The van der Waals surface area contributed by atoms with Crippen LogP contribution in [0.25, 0.3) is 0 Å². The molecular formula is C21H25N3O4S. The van der Waals surface area contributed by atoms with Crippen LogP contribution in [-0.2, 0) is 27.2 Å². The van der Waals surface area contributed by atoms with Gasteiger partial charge in [0.05, 0.1) is 6.04 Å². The number of carboxylic acid groups (broad SMARTS) is 1. The van der Waals surface area contributed by atoms with Crippen molar-refractivity contribution in [1.29, 1.82) is 0 Å². The number of thiol groups is 1. The Hall–Kier alpha value is -2.84. The maximum Gasteiger partial charge on any atom is 0.327 e. The lowest BCUT2D eigenvalue weighted by atomic mass is 10.0. The van der Waals surface area contributed by atoms with Crippen molar-refractivity contribution in [2.24, 2.45) is 5.73 Å². The Morgan fingerprint density at radius 3 is 1.79 bits per heavy atom. The lowest BCUT2D eigenvalue weighted by Crippen LogP contribution is -2.55. The second kappa shape index (κ2) is 11.2. The number of carbonyl (C=O) groups is 3. The molecule has 0 aromatic heterocycles. The Bertz CT molecular complexity index is 817. The van der Waals surface area contributed by atoms with Crippen LogP contribution in [0.1, 0.15) is 11.1 Å². The normalized spacial score (nSPS) is 13.7. The third kappa shape index (κ3) is 7.24. The average molecular weight is 416 g/mol. The fourth-order valence-electron chi connectivity index (χ4n) is 2.76. The molecule has 7 nitrogen and oxygen atoms in total. The van der Waals surface area contributed by atoms with E-state index in [0.717, 1.165) is 11.1 Å². The molecule has 0 saturated carbocycles. The van der Waals surface area contributed by atoms with Crippen molar-refractivity contribution in [3.05, 3.63) is 71.8 Å². The van der Waals surface area contributed by atoms with Crippen molar-refractivity contribution in [2.75, 3.05) is 5.75 Å². The molecule has 154 valence electrons. The fourth-order valence-corrected chi connectivity index (χ4v) is 3.00. The lowest BCUT2D eigenvalue weighted by molar-refractivity contribution is -0.141. The van der Waals surface area contributed by atoms with Gasteiger partial charge in [-0.3, -0.25) is 9.59 Å². The smallest absolute Gasteiger partial charge is 0.327 e. The van der Waals surface area contributed by atoms with E-state index < -0.39 is 35.9 Å². The van der Waals surface area contributed by atoms with Gasteiger partial charge < -0.3 is 21.5 Å². The molecular weight excluding hydrogens is 390 g/mol. The molecule has 8 heteroatoms. The van der Waals surface area contributed by atoms with Gasteiger partial charge >= 0.3 is 5.97 Å². The van der Waals surface area contributed by atoms with E-state index in [1.54, 1.807) is 0 Å². The van der Waals surface area contributed by atoms with E-state index in [1.165, 1.54) is 0 Å². The molecule has 2 aromatic carbocycles. The predicted octanol–water partition coefficient (Wildman–Crippen LogP) is 0.783.